The molecule has 2 heteroatoms. The molecular weight excluding hydrogens is 232 g/mol. The predicted molar refractivity (Wildman–Crippen MR) is 72.1 cm³/mol. The van der Waals surface area contributed by atoms with Gasteiger partial charge in [-0.25, -0.2) is 0 Å². The van der Waals surface area contributed by atoms with Crippen molar-refractivity contribution < 1.29 is 4.74 Å². The first-order chi connectivity index (χ1) is 8.19. The number of aryl methyl sites for hydroxylation is 2. The van der Waals surface area contributed by atoms with Gasteiger partial charge in [-0.1, -0.05) is 42.3 Å². The van der Waals surface area contributed by atoms with E-state index >= 15 is 0 Å². The van der Waals surface area contributed by atoms with Crippen LogP contribution < -0.4 is 4.74 Å². The molecule has 1 nitrogen and oxygen atoms in total. The molecule has 0 aromatic heterocycles. The van der Waals surface area contributed by atoms with E-state index in [1.807, 2.05) is 42.5 Å². The summed E-state index contributed by atoms with van der Waals surface area (Å²) in [5.74, 6) is 1.60. The van der Waals surface area contributed by atoms with Crippen LogP contribution in [-0.4, -0.2) is 0 Å². The van der Waals surface area contributed by atoms with Crippen LogP contribution in [0.4, 0.5) is 0 Å². The minimum absolute atomic E-state index is 0.761. The summed E-state index contributed by atoms with van der Waals surface area (Å²) in [6.07, 6.45) is 0.934. The van der Waals surface area contributed by atoms with E-state index < -0.39 is 0 Å². The first kappa shape index (κ1) is 12.0. The topological polar surface area (TPSA) is 9.23 Å². The van der Waals surface area contributed by atoms with Crippen LogP contribution in [0.15, 0.2) is 42.5 Å². The molecule has 2 rings (SSSR count). The van der Waals surface area contributed by atoms with Gasteiger partial charge in [-0.15, -0.1) is 0 Å². The van der Waals surface area contributed by atoms with Crippen LogP contribution in [0.5, 0.6) is 11.5 Å². The largest absolute Gasteiger partial charge is 0.457 e. The number of hydrogen-bond acceptors (Lipinski definition) is 1. The van der Waals surface area contributed by atoms with Crippen LogP contribution in [0, 0.1) is 6.92 Å². The Morgan fingerprint density at radius 2 is 1.65 bits per heavy atom. The summed E-state index contributed by atoms with van der Waals surface area (Å²) in [4.78, 5) is 0. The lowest BCUT2D eigenvalue weighted by atomic mass is 10.1. The van der Waals surface area contributed by atoms with Gasteiger partial charge in [-0.2, -0.15) is 0 Å². The van der Waals surface area contributed by atoms with Crippen molar-refractivity contribution in [2.75, 3.05) is 0 Å². The zero-order chi connectivity index (χ0) is 12.3. The molecule has 17 heavy (non-hydrogen) atoms. The molecule has 0 radical (unpaired) electrons. The standard InChI is InChI=1S/C15H15ClO/c1-3-12-6-9-14(10-15(12)16)17-13-7-4-11(2)5-8-13/h4-10H,3H2,1-2H3. The molecule has 0 aliphatic carbocycles. The lowest BCUT2D eigenvalue weighted by Gasteiger charge is -2.08. The average Bonchev–Trinajstić information content (AvgIpc) is 2.32. The van der Waals surface area contributed by atoms with E-state index in [4.69, 9.17) is 16.3 Å². The minimum Gasteiger partial charge on any atom is -0.457 e. The summed E-state index contributed by atoms with van der Waals surface area (Å²) in [6.45, 7) is 4.14. The predicted octanol–water partition coefficient (Wildman–Crippen LogP) is 5.00. The van der Waals surface area contributed by atoms with Gasteiger partial charge in [-0.3, -0.25) is 0 Å². The molecule has 0 fully saturated rings. The maximum Gasteiger partial charge on any atom is 0.128 e. The highest BCUT2D eigenvalue weighted by atomic mass is 35.5. The normalized spacial score (nSPS) is 10.3. The van der Waals surface area contributed by atoms with Gasteiger partial charge in [0.25, 0.3) is 0 Å². The summed E-state index contributed by atoms with van der Waals surface area (Å²) < 4.78 is 5.73. The molecular formula is C15H15ClO. The SMILES string of the molecule is CCc1ccc(Oc2ccc(C)cc2)cc1Cl. The number of halogens is 1. The third-order valence-corrected chi connectivity index (χ3v) is 3.01. The molecule has 0 aliphatic heterocycles. The van der Waals surface area contributed by atoms with Gasteiger partial charge in [0, 0.05) is 5.02 Å². The Kier molecular flexibility index (Phi) is 3.70. The molecule has 0 atom stereocenters. The highest BCUT2D eigenvalue weighted by molar-refractivity contribution is 6.31. The van der Waals surface area contributed by atoms with Crippen LogP contribution in [0.25, 0.3) is 0 Å². The first-order valence-corrected chi connectivity index (χ1v) is 6.10. The van der Waals surface area contributed by atoms with E-state index in [2.05, 4.69) is 13.8 Å². The maximum absolute atomic E-state index is 6.14. The molecule has 88 valence electrons. The first-order valence-electron chi connectivity index (χ1n) is 5.72. The highest BCUT2D eigenvalue weighted by Gasteiger charge is 2.02. The molecule has 0 aliphatic rings. The zero-order valence-corrected chi connectivity index (χ0v) is 10.8. The fourth-order valence-corrected chi connectivity index (χ4v) is 1.92. The Bertz CT molecular complexity index is 503. The number of ether oxygens (including phenoxy) is 1. The Labute approximate surface area is 107 Å². The van der Waals surface area contributed by atoms with E-state index in [1.165, 1.54) is 5.56 Å². The molecule has 0 unspecified atom stereocenters. The Balaban J connectivity index is 2.19. The maximum atomic E-state index is 6.14. The van der Waals surface area contributed by atoms with Crippen molar-refractivity contribution >= 4 is 11.6 Å². The van der Waals surface area contributed by atoms with Gasteiger partial charge in [0.15, 0.2) is 0 Å². The summed E-state index contributed by atoms with van der Waals surface area (Å²) >= 11 is 6.14. The van der Waals surface area contributed by atoms with Gasteiger partial charge < -0.3 is 4.74 Å². The Morgan fingerprint density at radius 1 is 1.00 bits per heavy atom. The van der Waals surface area contributed by atoms with Crippen molar-refractivity contribution in [3.05, 3.63) is 58.6 Å². The Hall–Kier alpha value is -1.47. The van der Waals surface area contributed by atoms with E-state index in [0.717, 1.165) is 28.5 Å². The van der Waals surface area contributed by atoms with E-state index in [9.17, 15) is 0 Å². The number of hydrogen-bond donors (Lipinski definition) is 0. The number of rotatable bonds is 3. The fraction of sp³-hybridized carbons (Fsp3) is 0.200. The summed E-state index contributed by atoms with van der Waals surface area (Å²) in [6, 6.07) is 13.8. The van der Waals surface area contributed by atoms with Gasteiger partial charge in [0.05, 0.1) is 0 Å². The van der Waals surface area contributed by atoms with Crippen LogP contribution in [0.2, 0.25) is 5.02 Å². The molecule has 0 amide bonds. The van der Waals surface area contributed by atoms with Crippen LogP contribution in [-0.2, 0) is 6.42 Å². The van der Waals surface area contributed by atoms with E-state index in [-0.39, 0.29) is 0 Å². The van der Waals surface area contributed by atoms with Crippen molar-refractivity contribution in [1.82, 2.24) is 0 Å². The van der Waals surface area contributed by atoms with Gasteiger partial charge in [0.1, 0.15) is 11.5 Å². The third-order valence-electron chi connectivity index (χ3n) is 2.66. The van der Waals surface area contributed by atoms with Crippen LogP contribution in [0.3, 0.4) is 0 Å². The Morgan fingerprint density at radius 3 is 2.24 bits per heavy atom. The van der Waals surface area contributed by atoms with Gasteiger partial charge in [-0.05, 0) is 43.2 Å². The lowest BCUT2D eigenvalue weighted by molar-refractivity contribution is 0.482. The van der Waals surface area contributed by atoms with Gasteiger partial charge in [0.2, 0.25) is 0 Å². The van der Waals surface area contributed by atoms with Crippen LogP contribution in [0.1, 0.15) is 18.1 Å². The summed E-state index contributed by atoms with van der Waals surface area (Å²) in [5, 5.41) is 0.761. The molecule has 0 bridgehead atoms. The van der Waals surface area contributed by atoms with E-state index in [1.54, 1.807) is 0 Å². The molecule has 2 aromatic carbocycles. The summed E-state index contributed by atoms with van der Waals surface area (Å²) in [7, 11) is 0. The summed E-state index contributed by atoms with van der Waals surface area (Å²) in [5.41, 5.74) is 2.36. The minimum atomic E-state index is 0.761. The second-order valence-electron chi connectivity index (χ2n) is 4.02. The quantitative estimate of drug-likeness (QED) is 0.740. The lowest BCUT2D eigenvalue weighted by Crippen LogP contribution is -1.87. The van der Waals surface area contributed by atoms with Crippen molar-refractivity contribution in [1.29, 1.82) is 0 Å². The van der Waals surface area contributed by atoms with E-state index in [0.29, 0.717) is 0 Å². The van der Waals surface area contributed by atoms with Crippen molar-refractivity contribution in [2.24, 2.45) is 0 Å². The zero-order valence-electron chi connectivity index (χ0n) is 10.0. The van der Waals surface area contributed by atoms with Crippen molar-refractivity contribution in [2.45, 2.75) is 20.3 Å². The van der Waals surface area contributed by atoms with Gasteiger partial charge >= 0.3 is 0 Å². The molecule has 0 N–H and O–H groups in total. The smallest absolute Gasteiger partial charge is 0.128 e. The second-order valence-corrected chi connectivity index (χ2v) is 4.43. The van der Waals surface area contributed by atoms with Crippen molar-refractivity contribution in [3.8, 4) is 11.5 Å². The molecule has 0 heterocycles. The third kappa shape index (κ3) is 3.01. The van der Waals surface area contributed by atoms with Crippen molar-refractivity contribution in [3.63, 3.8) is 0 Å². The fourth-order valence-electron chi connectivity index (χ4n) is 1.62. The monoisotopic (exact) mass is 246 g/mol. The van der Waals surface area contributed by atoms with Crippen LogP contribution >= 0.6 is 11.6 Å². The molecule has 2 aromatic rings. The highest BCUT2D eigenvalue weighted by Crippen LogP contribution is 2.27. The molecule has 0 spiro atoms. The molecule has 0 saturated heterocycles. The second kappa shape index (κ2) is 5.24. The molecule has 0 saturated carbocycles. The number of benzene rings is 2. The average molecular weight is 247 g/mol.